The topological polar surface area (TPSA) is 90.7 Å². The van der Waals surface area contributed by atoms with Crippen LogP contribution in [0.15, 0.2) is 0 Å². The summed E-state index contributed by atoms with van der Waals surface area (Å²) in [4.78, 5) is 22.5. The molecule has 0 aliphatic rings. The Hall–Kier alpha value is -0.790. The summed E-state index contributed by atoms with van der Waals surface area (Å²) < 4.78 is 9.89. The molecule has 0 saturated carbocycles. The fourth-order valence-corrected chi connectivity index (χ4v) is 2.17. The van der Waals surface area contributed by atoms with Gasteiger partial charge in [-0.25, -0.2) is 0 Å². The Morgan fingerprint density at radius 3 is 2.65 bits per heavy atom. The maximum atomic E-state index is 11.5. The van der Waals surface area contributed by atoms with E-state index in [-0.39, 0.29) is 12.0 Å². The number of methoxy groups -OCH3 is 1. The Bertz CT molecular complexity index is 288. The Kier molecular flexibility index (Phi) is 11.5. The summed E-state index contributed by atoms with van der Waals surface area (Å²) in [6.45, 7) is 5.23. The Morgan fingerprint density at radius 1 is 1.35 bits per heavy atom. The molecule has 1 unspecified atom stereocenters. The molecule has 0 aromatic carbocycles. The molecule has 1 atom stereocenters. The van der Waals surface area contributed by atoms with Crippen LogP contribution in [0.1, 0.15) is 26.7 Å². The molecule has 0 bridgehead atoms. The van der Waals surface area contributed by atoms with Crippen molar-refractivity contribution < 1.29 is 19.1 Å². The van der Waals surface area contributed by atoms with Gasteiger partial charge < -0.3 is 20.5 Å². The number of esters is 1. The van der Waals surface area contributed by atoms with Gasteiger partial charge in [-0.1, -0.05) is 0 Å². The summed E-state index contributed by atoms with van der Waals surface area (Å²) >= 11 is 1.46. The van der Waals surface area contributed by atoms with Crippen LogP contribution in [0.4, 0.5) is 0 Å². The van der Waals surface area contributed by atoms with Gasteiger partial charge in [0.05, 0.1) is 19.0 Å². The van der Waals surface area contributed by atoms with Crippen molar-refractivity contribution in [2.24, 2.45) is 5.73 Å². The Labute approximate surface area is 125 Å². The summed E-state index contributed by atoms with van der Waals surface area (Å²) in [5, 5.41) is 2.82. The van der Waals surface area contributed by atoms with Gasteiger partial charge in [0.2, 0.25) is 5.91 Å². The molecule has 0 rings (SSSR count). The second-order valence-electron chi connectivity index (χ2n) is 4.59. The molecule has 6 nitrogen and oxygen atoms in total. The Morgan fingerprint density at radius 2 is 2.05 bits per heavy atom. The lowest BCUT2D eigenvalue weighted by molar-refractivity contribution is -0.142. The van der Waals surface area contributed by atoms with Crippen molar-refractivity contribution >= 4 is 23.6 Å². The SMILES string of the molecule is COC(=O)C(N)CCSCC(=O)NCCCOC(C)C. The number of ether oxygens (including phenoxy) is 2. The van der Waals surface area contributed by atoms with Crippen LogP contribution in [0.25, 0.3) is 0 Å². The Balaban J connectivity index is 3.43. The first-order valence-electron chi connectivity index (χ1n) is 6.76. The molecule has 0 aromatic rings. The van der Waals surface area contributed by atoms with Crippen molar-refractivity contribution in [1.82, 2.24) is 5.32 Å². The number of nitrogens with one attached hydrogen (secondary N) is 1. The summed E-state index contributed by atoms with van der Waals surface area (Å²) in [7, 11) is 1.31. The predicted octanol–water partition coefficient (Wildman–Crippen LogP) is 0.541. The second-order valence-corrected chi connectivity index (χ2v) is 5.70. The van der Waals surface area contributed by atoms with E-state index in [9.17, 15) is 9.59 Å². The van der Waals surface area contributed by atoms with E-state index >= 15 is 0 Å². The highest BCUT2D eigenvalue weighted by atomic mass is 32.2. The minimum absolute atomic E-state index is 0.00816. The van der Waals surface area contributed by atoms with Gasteiger partial charge in [0.15, 0.2) is 0 Å². The minimum Gasteiger partial charge on any atom is -0.468 e. The lowest BCUT2D eigenvalue weighted by Gasteiger charge is -2.09. The van der Waals surface area contributed by atoms with Crippen LogP contribution in [0.5, 0.6) is 0 Å². The molecule has 118 valence electrons. The molecule has 0 aliphatic carbocycles. The normalized spacial score (nSPS) is 12.2. The van der Waals surface area contributed by atoms with E-state index in [2.05, 4.69) is 10.1 Å². The molecule has 1 amide bonds. The molecule has 20 heavy (non-hydrogen) atoms. The molecular formula is C13H26N2O4S. The number of thioether (sulfide) groups is 1. The maximum Gasteiger partial charge on any atom is 0.322 e. The molecule has 0 heterocycles. The third-order valence-electron chi connectivity index (χ3n) is 2.40. The monoisotopic (exact) mass is 306 g/mol. The van der Waals surface area contributed by atoms with E-state index in [1.165, 1.54) is 18.9 Å². The zero-order valence-corrected chi connectivity index (χ0v) is 13.3. The fraction of sp³-hybridized carbons (Fsp3) is 0.846. The average Bonchev–Trinajstić information content (AvgIpc) is 2.41. The molecule has 0 fully saturated rings. The zero-order valence-electron chi connectivity index (χ0n) is 12.5. The van der Waals surface area contributed by atoms with E-state index in [0.717, 1.165) is 6.42 Å². The fourth-order valence-electron chi connectivity index (χ4n) is 1.31. The van der Waals surface area contributed by atoms with E-state index < -0.39 is 12.0 Å². The van der Waals surface area contributed by atoms with E-state index in [0.29, 0.717) is 31.1 Å². The van der Waals surface area contributed by atoms with Crippen LogP contribution in [0.3, 0.4) is 0 Å². The largest absolute Gasteiger partial charge is 0.468 e. The number of hydrogen-bond acceptors (Lipinski definition) is 6. The van der Waals surface area contributed by atoms with Gasteiger partial charge in [0, 0.05) is 13.2 Å². The molecule has 0 radical (unpaired) electrons. The smallest absolute Gasteiger partial charge is 0.322 e. The molecule has 0 aromatic heterocycles. The van der Waals surface area contributed by atoms with E-state index in [1.54, 1.807) is 0 Å². The summed E-state index contributed by atoms with van der Waals surface area (Å²) in [5.74, 6) is 0.602. The molecule has 7 heteroatoms. The molecule has 0 saturated heterocycles. The number of carbonyl (C=O) groups excluding carboxylic acids is 2. The highest BCUT2D eigenvalue weighted by Gasteiger charge is 2.13. The standard InChI is InChI=1S/C13H26N2O4S/c1-10(2)19-7-4-6-15-12(16)9-20-8-5-11(14)13(17)18-3/h10-11H,4-9,14H2,1-3H3,(H,15,16). The summed E-state index contributed by atoms with van der Waals surface area (Å²) in [6.07, 6.45) is 1.54. The van der Waals surface area contributed by atoms with E-state index in [4.69, 9.17) is 10.5 Å². The van der Waals surface area contributed by atoms with Gasteiger partial charge >= 0.3 is 5.97 Å². The van der Waals surface area contributed by atoms with Gasteiger partial charge in [-0.05, 0) is 32.4 Å². The third-order valence-corrected chi connectivity index (χ3v) is 3.40. The maximum absolute atomic E-state index is 11.5. The summed E-state index contributed by atoms with van der Waals surface area (Å²) in [6, 6.07) is -0.608. The zero-order chi connectivity index (χ0) is 15.4. The lowest BCUT2D eigenvalue weighted by atomic mass is 10.2. The van der Waals surface area contributed by atoms with Crippen LogP contribution in [-0.4, -0.2) is 55.8 Å². The molecule has 0 aliphatic heterocycles. The number of carbonyl (C=O) groups is 2. The number of amides is 1. The van der Waals surface area contributed by atoms with Crippen LogP contribution < -0.4 is 11.1 Å². The van der Waals surface area contributed by atoms with Crippen molar-refractivity contribution in [3.05, 3.63) is 0 Å². The molecule has 0 spiro atoms. The van der Waals surface area contributed by atoms with Crippen LogP contribution in [0.2, 0.25) is 0 Å². The number of rotatable bonds is 11. The van der Waals surface area contributed by atoms with Crippen LogP contribution in [0, 0.1) is 0 Å². The van der Waals surface area contributed by atoms with Gasteiger partial charge in [-0.3, -0.25) is 9.59 Å². The van der Waals surface area contributed by atoms with Gasteiger partial charge in [0.1, 0.15) is 6.04 Å². The van der Waals surface area contributed by atoms with Crippen LogP contribution >= 0.6 is 11.8 Å². The molecule has 3 N–H and O–H groups in total. The number of nitrogens with two attached hydrogens (primary N) is 1. The van der Waals surface area contributed by atoms with Gasteiger partial charge in [-0.2, -0.15) is 11.8 Å². The van der Waals surface area contributed by atoms with Crippen molar-refractivity contribution in [3.8, 4) is 0 Å². The average molecular weight is 306 g/mol. The number of hydrogen-bond donors (Lipinski definition) is 2. The predicted molar refractivity (Wildman–Crippen MR) is 80.6 cm³/mol. The van der Waals surface area contributed by atoms with Gasteiger partial charge in [-0.15, -0.1) is 0 Å². The first-order valence-corrected chi connectivity index (χ1v) is 7.92. The van der Waals surface area contributed by atoms with Crippen molar-refractivity contribution in [2.45, 2.75) is 38.8 Å². The van der Waals surface area contributed by atoms with Crippen molar-refractivity contribution in [1.29, 1.82) is 0 Å². The van der Waals surface area contributed by atoms with Crippen LogP contribution in [-0.2, 0) is 19.1 Å². The molecular weight excluding hydrogens is 280 g/mol. The summed E-state index contributed by atoms with van der Waals surface area (Å²) in [5.41, 5.74) is 5.58. The van der Waals surface area contributed by atoms with Crippen molar-refractivity contribution in [3.63, 3.8) is 0 Å². The van der Waals surface area contributed by atoms with Gasteiger partial charge in [0.25, 0.3) is 0 Å². The third kappa shape index (κ3) is 11.1. The highest BCUT2D eigenvalue weighted by molar-refractivity contribution is 7.99. The first-order chi connectivity index (χ1) is 9.47. The second kappa shape index (κ2) is 12.0. The van der Waals surface area contributed by atoms with E-state index in [1.807, 2.05) is 13.8 Å². The quantitative estimate of drug-likeness (QED) is 0.428. The van der Waals surface area contributed by atoms with Crippen molar-refractivity contribution in [2.75, 3.05) is 31.8 Å². The first kappa shape index (κ1) is 19.2. The minimum atomic E-state index is -0.608. The highest BCUT2D eigenvalue weighted by Crippen LogP contribution is 2.04. The lowest BCUT2D eigenvalue weighted by Crippen LogP contribution is -2.32.